The number of hydrogen-bond donors (Lipinski definition) is 2. The van der Waals surface area contributed by atoms with Gasteiger partial charge in [-0.15, -0.1) is 0 Å². The van der Waals surface area contributed by atoms with Crippen LogP contribution in [0.25, 0.3) is 0 Å². The third kappa shape index (κ3) is 2.36. The van der Waals surface area contributed by atoms with Crippen LogP contribution in [-0.4, -0.2) is 58.4 Å². The predicted octanol–water partition coefficient (Wildman–Crippen LogP) is 0.313. The second-order valence-corrected chi connectivity index (χ2v) is 7.05. The fourth-order valence-electron chi connectivity index (χ4n) is 4.16. The molecular formula is C18H19N3O5. The molecule has 0 aromatic heterocycles. The van der Waals surface area contributed by atoms with Crippen LogP contribution in [0, 0.1) is 5.92 Å². The van der Waals surface area contributed by atoms with Crippen molar-refractivity contribution in [3.63, 3.8) is 0 Å². The Hall–Kier alpha value is -2.90. The van der Waals surface area contributed by atoms with E-state index in [1.165, 1.54) is 4.90 Å². The van der Waals surface area contributed by atoms with E-state index >= 15 is 0 Å². The summed E-state index contributed by atoms with van der Waals surface area (Å²) in [5, 5.41) is 11.8. The fourth-order valence-corrected chi connectivity index (χ4v) is 4.16. The Kier molecular flexibility index (Phi) is 3.71. The Labute approximate surface area is 149 Å². The molecule has 4 rings (SSSR count). The lowest BCUT2D eigenvalue weighted by atomic mass is 9.92. The number of carboxylic acid groups (broad SMARTS) is 1. The van der Waals surface area contributed by atoms with E-state index in [0.29, 0.717) is 25.8 Å². The van der Waals surface area contributed by atoms with Crippen molar-refractivity contribution in [3.05, 3.63) is 35.4 Å². The van der Waals surface area contributed by atoms with Crippen molar-refractivity contribution in [3.8, 4) is 0 Å². The molecular weight excluding hydrogens is 338 g/mol. The number of rotatable bonds is 3. The van der Waals surface area contributed by atoms with E-state index in [1.807, 2.05) is 24.3 Å². The number of carbonyl (C=O) groups is 4. The second-order valence-electron chi connectivity index (χ2n) is 7.05. The first kappa shape index (κ1) is 16.6. The van der Waals surface area contributed by atoms with Crippen molar-refractivity contribution in [2.24, 2.45) is 5.92 Å². The molecule has 1 aromatic carbocycles. The molecule has 26 heavy (non-hydrogen) atoms. The van der Waals surface area contributed by atoms with Crippen LogP contribution in [0.1, 0.15) is 24.0 Å². The highest BCUT2D eigenvalue weighted by atomic mass is 16.4. The molecule has 136 valence electrons. The zero-order valence-corrected chi connectivity index (χ0v) is 14.1. The molecule has 4 amide bonds. The standard InChI is InChI=1S/C18H19N3O5/c22-14(20-8-6-12(9-20)15(23)24)10-21-16(25)18(19-17(21)26)7-5-11-3-1-2-4-13(11)18/h1-4,12H,5-10H2,(H,19,26)(H,23,24)/t12-,18+/m0/s1. The van der Waals surface area contributed by atoms with Crippen molar-refractivity contribution in [1.82, 2.24) is 15.1 Å². The van der Waals surface area contributed by atoms with Gasteiger partial charge in [-0.25, -0.2) is 4.79 Å². The monoisotopic (exact) mass is 357 g/mol. The van der Waals surface area contributed by atoms with Gasteiger partial charge in [0.1, 0.15) is 12.1 Å². The summed E-state index contributed by atoms with van der Waals surface area (Å²) in [5.74, 6) is -2.33. The molecule has 2 N–H and O–H groups in total. The molecule has 8 nitrogen and oxygen atoms in total. The van der Waals surface area contributed by atoms with Gasteiger partial charge in [-0.1, -0.05) is 24.3 Å². The average Bonchev–Trinajstić information content (AvgIpc) is 3.30. The van der Waals surface area contributed by atoms with Gasteiger partial charge < -0.3 is 15.3 Å². The Morgan fingerprint density at radius 2 is 2.04 bits per heavy atom. The molecule has 0 unspecified atom stereocenters. The van der Waals surface area contributed by atoms with Gasteiger partial charge in [0.2, 0.25) is 5.91 Å². The number of hydrogen-bond acceptors (Lipinski definition) is 4. The molecule has 8 heteroatoms. The number of imide groups is 1. The summed E-state index contributed by atoms with van der Waals surface area (Å²) >= 11 is 0. The Bertz CT molecular complexity index is 823. The molecule has 2 fully saturated rings. The van der Waals surface area contributed by atoms with Gasteiger partial charge in [-0.05, 0) is 30.4 Å². The molecule has 0 radical (unpaired) electrons. The maximum atomic E-state index is 13.0. The minimum Gasteiger partial charge on any atom is -0.481 e. The van der Waals surface area contributed by atoms with Gasteiger partial charge in [0.15, 0.2) is 0 Å². The number of aliphatic carboxylic acids is 1. The van der Waals surface area contributed by atoms with Gasteiger partial charge >= 0.3 is 12.0 Å². The SMILES string of the molecule is O=C(O)[C@H]1CCN(C(=O)CN2C(=O)N[C@@]3(CCc4ccccc43)C2=O)C1. The van der Waals surface area contributed by atoms with Crippen molar-refractivity contribution in [2.75, 3.05) is 19.6 Å². The van der Waals surface area contributed by atoms with Gasteiger partial charge in [-0.3, -0.25) is 19.3 Å². The summed E-state index contributed by atoms with van der Waals surface area (Å²) in [6, 6.07) is 6.92. The zero-order chi connectivity index (χ0) is 18.5. The van der Waals surface area contributed by atoms with Gasteiger partial charge in [-0.2, -0.15) is 0 Å². The summed E-state index contributed by atoms with van der Waals surface area (Å²) in [6.07, 6.45) is 1.56. The van der Waals surface area contributed by atoms with Crippen LogP contribution in [0.3, 0.4) is 0 Å². The third-order valence-electron chi connectivity index (χ3n) is 5.61. The van der Waals surface area contributed by atoms with E-state index in [2.05, 4.69) is 5.32 Å². The van der Waals surface area contributed by atoms with E-state index in [0.717, 1.165) is 16.0 Å². The Morgan fingerprint density at radius 1 is 1.27 bits per heavy atom. The van der Waals surface area contributed by atoms with Gasteiger partial charge in [0.25, 0.3) is 5.91 Å². The number of nitrogens with zero attached hydrogens (tertiary/aromatic N) is 2. The van der Waals surface area contributed by atoms with E-state index in [-0.39, 0.29) is 13.1 Å². The molecule has 1 aromatic rings. The molecule has 2 heterocycles. The normalized spacial score (nSPS) is 27.2. The lowest BCUT2D eigenvalue weighted by molar-refractivity contribution is -0.142. The second kappa shape index (κ2) is 5.82. The minimum atomic E-state index is -1.08. The van der Waals surface area contributed by atoms with Crippen LogP contribution in [0.5, 0.6) is 0 Å². The van der Waals surface area contributed by atoms with E-state index in [1.54, 1.807) is 0 Å². The van der Waals surface area contributed by atoms with E-state index < -0.39 is 35.3 Å². The van der Waals surface area contributed by atoms with Crippen molar-refractivity contribution >= 4 is 23.8 Å². The molecule has 0 bridgehead atoms. The number of benzene rings is 1. The summed E-state index contributed by atoms with van der Waals surface area (Å²) in [7, 11) is 0. The molecule has 1 spiro atoms. The molecule has 2 aliphatic heterocycles. The first-order valence-corrected chi connectivity index (χ1v) is 8.65. The molecule has 1 aliphatic carbocycles. The number of carboxylic acids is 1. The Balaban J connectivity index is 1.51. The summed E-state index contributed by atoms with van der Waals surface area (Å²) < 4.78 is 0. The number of nitrogens with one attached hydrogen (secondary N) is 1. The van der Waals surface area contributed by atoms with Crippen LogP contribution in [-0.2, 0) is 26.3 Å². The van der Waals surface area contributed by atoms with Crippen LogP contribution in [0.2, 0.25) is 0 Å². The number of carbonyl (C=O) groups excluding carboxylic acids is 3. The van der Waals surface area contributed by atoms with Crippen molar-refractivity contribution in [2.45, 2.75) is 24.8 Å². The topological polar surface area (TPSA) is 107 Å². The van der Waals surface area contributed by atoms with E-state index in [4.69, 9.17) is 5.11 Å². The minimum absolute atomic E-state index is 0.117. The van der Waals surface area contributed by atoms with Crippen LogP contribution >= 0.6 is 0 Å². The Morgan fingerprint density at radius 3 is 2.77 bits per heavy atom. The first-order valence-electron chi connectivity index (χ1n) is 8.65. The molecule has 3 aliphatic rings. The lowest BCUT2D eigenvalue weighted by Gasteiger charge is -2.23. The molecule has 0 saturated carbocycles. The quantitative estimate of drug-likeness (QED) is 0.758. The van der Waals surface area contributed by atoms with Gasteiger partial charge in [0, 0.05) is 13.1 Å². The number of aryl methyl sites for hydroxylation is 1. The zero-order valence-electron chi connectivity index (χ0n) is 14.1. The first-order chi connectivity index (χ1) is 12.4. The number of urea groups is 1. The maximum Gasteiger partial charge on any atom is 0.325 e. The highest BCUT2D eigenvalue weighted by Gasteiger charge is 2.55. The number of amides is 4. The van der Waals surface area contributed by atoms with Crippen molar-refractivity contribution < 1.29 is 24.3 Å². The molecule has 2 atom stereocenters. The van der Waals surface area contributed by atoms with Crippen LogP contribution < -0.4 is 5.32 Å². The van der Waals surface area contributed by atoms with Crippen molar-refractivity contribution in [1.29, 1.82) is 0 Å². The number of likely N-dealkylation sites (tertiary alicyclic amines) is 1. The highest BCUT2D eigenvalue weighted by molar-refractivity contribution is 6.10. The van der Waals surface area contributed by atoms with Crippen LogP contribution in [0.15, 0.2) is 24.3 Å². The van der Waals surface area contributed by atoms with Crippen LogP contribution in [0.4, 0.5) is 4.79 Å². The summed E-state index contributed by atoms with van der Waals surface area (Å²) in [5.41, 5.74) is 0.737. The molecule has 2 saturated heterocycles. The lowest BCUT2D eigenvalue weighted by Crippen LogP contribution is -2.44. The number of fused-ring (bicyclic) bond motifs is 2. The largest absolute Gasteiger partial charge is 0.481 e. The maximum absolute atomic E-state index is 13.0. The highest BCUT2D eigenvalue weighted by Crippen LogP contribution is 2.41. The summed E-state index contributed by atoms with van der Waals surface area (Å²) in [4.78, 5) is 51.3. The third-order valence-corrected chi connectivity index (χ3v) is 5.61. The smallest absolute Gasteiger partial charge is 0.325 e. The fraction of sp³-hybridized carbons (Fsp3) is 0.444. The summed E-state index contributed by atoms with van der Waals surface area (Å²) in [6.45, 7) is 0.0835. The predicted molar refractivity (Wildman–Crippen MR) is 89.0 cm³/mol. The van der Waals surface area contributed by atoms with E-state index in [9.17, 15) is 19.2 Å². The van der Waals surface area contributed by atoms with Gasteiger partial charge in [0.05, 0.1) is 5.92 Å². The average molecular weight is 357 g/mol.